The Bertz CT molecular complexity index is 1330. The fourth-order valence-corrected chi connectivity index (χ4v) is 9.70. The van der Waals surface area contributed by atoms with E-state index in [1.165, 1.54) is 18.2 Å². The predicted octanol–water partition coefficient (Wildman–Crippen LogP) is 4.24. The molecule has 0 unspecified atom stereocenters. The van der Waals surface area contributed by atoms with Gasteiger partial charge in [0.25, 0.3) is 0 Å². The van der Waals surface area contributed by atoms with E-state index < -0.39 is 70.0 Å². The highest BCUT2D eigenvalue weighted by atomic mass is 32.1. The molecule has 4 aliphatic carbocycles. The number of carbonyl (C=O) groups excluding carboxylic acids is 2. The highest BCUT2D eigenvalue weighted by Crippen LogP contribution is 2.77. The summed E-state index contributed by atoms with van der Waals surface area (Å²) in [7, 11) is 0. The molecule has 0 bridgehead atoms. The molecule has 9 atom stereocenters. The number of esters is 1. The zero-order valence-corrected chi connectivity index (χ0v) is 23.0. The first kappa shape index (κ1) is 26.8. The van der Waals surface area contributed by atoms with E-state index in [0.29, 0.717) is 19.5 Å². The molecule has 0 radical (unpaired) electrons. The zero-order chi connectivity index (χ0) is 28.0. The summed E-state index contributed by atoms with van der Waals surface area (Å²) in [5, 5.41) is 24.5. The average molecular weight is 559 g/mol. The molecule has 1 aromatic rings. The second-order valence-electron chi connectivity index (χ2n) is 12.4. The molecule has 3 saturated carbocycles. The number of ether oxygens (including phenoxy) is 1. The number of hydrogen-bond donors (Lipinski definition) is 1. The molecule has 7 nitrogen and oxygen atoms in total. The zero-order valence-electron chi connectivity index (χ0n) is 22.2. The first-order chi connectivity index (χ1) is 18.4. The number of hydroxylamine groups is 2. The van der Waals surface area contributed by atoms with Gasteiger partial charge in [-0.3, -0.25) is 9.63 Å². The quantitative estimate of drug-likeness (QED) is 0.552. The van der Waals surface area contributed by atoms with Crippen molar-refractivity contribution in [3.63, 3.8) is 0 Å². The number of nitriles is 1. The lowest BCUT2D eigenvalue weighted by Gasteiger charge is -2.66. The van der Waals surface area contributed by atoms with Gasteiger partial charge in [0, 0.05) is 34.1 Å². The van der Waals surface area contributed by atoms with Crippen LogP contribution in [0.4, 0.5) is 8.78 Å². The van der Waals surface area contributed by atoms with Crippen molar-refractivity contribution in [2.24, 2.45) is 28.1 Å². The SMILES string of the molecule is C[C@]12C[C@H](O)[C@@]3(F)[C@@H](C[C@H](F)C4=CC(=O)C=C[C@@]43C)[C@]1(C)C[C@H]1CN(Cc3cccs3)O[C@]12C(=O)OCC#N. The predicted molar refractivity (Wildman–Crippen MR) is 137 cm³/mol. The van der Waals surface area contributed by atoms with Gasteiger partial charge in [-0.1, -0.05) is 26.0 Å². The minimum atomic E-state index is -2.28. The van der Waals surface area contributed by atoms with Crippen LogP contribution in [-0.4, -0.2) is 58.6 Å². The number of rotatable bonds is 4. The van der Waals surface area contributed by atoms with Gasteiger partial charge in [0.15, 0.2) is 23.7 Å². The minimum Gasteiger partial charge on any atom is -0.448 e. The molecule has 1 aromatic heterocycles. The fourth-order valence-electron chi connectivity index (χ4n) is 9.00. The topological polar surface area (TPSA) is 99.9 Å². The third-order valence-corrected chi connectivity index (χ3v) is 11.8. The number of nitrogens with zero attached hydrogens (tertiary/aromatic N) is 2. The Morgan fingerprint density at radius 2 is 2.13 bits per heavy atom. The molecule has 1 saturated heterocycles. The van der Waals surface area contributed by atoms with E-state index in [1.54, 1.807) is 23.3 Å². The van der Waals surface area contributed by atoms with Gasteiger partial charge < -0.3 is 9.84 Å². The average Bonchev–Trinajstić information content (AvgIpc) is 3.57. The van der Waals surface area contributed by atoms with Crippen molar-refractivity contribution in [3.05, 3.63) is 46.2 Å². The largest absolute Gasteiger partial charge is 0.448 e. The lowest BCUT2D eigenvalue weighted by molar-refractivity contribution is -0.295. The van der Waals surface area contributed by atoms with E-state index in [4.69, 9.17) is 14.8 Å². The van der Waals surface area contributed by atoms with Crippen molar-refractivity contribution in [1.82, 2.24) is 5.06 Å². The van der Waals surface area contributed by atoms with Crippen molar-refractivity contribution >= 4 is 23.1 Å². The van der Waals surface area contributed by atoms with Crippen LogP contribution in [0.2, 0.25) is 0 Å². The molecule has 1 aliphatic heterocycles. The number of aliphatic hydroxyl groups excluding tert-OH is 1. The number of thiophene rings is 1. The van der Waals surface area contributed by atoms with Crippen LogP contribution in [0.15, 0.2) is 41.3 Å². The number of carbonyl (C=O) groups is 2. The molecule has 10 heteroatoms. The summed E-state index contributed by atoms with van der Waals surface area (Å²) in [5.74, 6) is -2.52. The molecule has 0 aromatic carbocycles. The second kappa shape index (κ2) is 8.53. The molecule has 208 valence electrons. The van der Waals surface area contributed by atoms with Gasteiger partial charge >= 0.3 is 5.97 Å². The van der Waals surface area contributed by atoms with E-state index in [2.05, 4.69) is 0 Å². The van der Waals surface area contributed by atoms with Crippen LogP contribution < -0.4 is 0 Å². The highest BCUT2D eigenvalue weighted by Gasteiger charge is 2.84. The molecular weight excluding hydrogens is 526 g/mol. The maximum absolute atomic E-state index is 17.7. The Balaban J connectivity index is 1.46. The van der Waals surface area contributed by atoms with Crippen LogP contribution in [-0.2, 0) is 25.7 Å². The standard InChI is InChI=1S/C29H32F2N2O5S/c1-25-7-6-18(34)11-20(25)21(30)12-22-26(2)13-17-15-33(16-19-5-4-10-39-19)38-29(17,24(36)37-9-8-32)27(26,3)14-23(35)28(22,25)31/h4-7,10-11,17,21-23,35H,9,12-16H2,1-3H3/t17-,21-,22-,23-,25-,26-,27-,28-,29-/m0/s1. The van der Waals surface area contributed by atoms with Gasteiger partial charge in [-0.15, -0.1) is 11.3 Å². The summed E-state index contributed by atoms with van der Waals surface area (Å²) >= 11 is 1.56. The van der Waals surface area contributed by atoms with Gasteiger partial charge in [-0.05, 0) is 60.8 Å². The van der Waals surface area contributed by atoms with E-state index in [9.17, 15) is 14.7 Å². The monoisotopic (exact) mass is 558 g/mol. The summed E-state index contributed by atoms with van der Waals surface area (Å²) in [6, 6.07) is 5.73. The van der Waals surface area contributed by atoms with E-state index in [-0.39, 0.29) is 18.4 Å². The van der Waals surface area contributed by atoms with E-state index in [0.717, 1.165) is 4.88 Å². The van der Waals surface area contributed by atoms with Crippen molar-refractivity contribution < 1.29 is 33.1 Å². The number of alkyl halides is 2. The molecule has 6 rings (SSSR count). The van der Waals surface area contributed by atoms with Crippen LogP contribution >= 0.6 is 11.3 Å². The number of halogens is 2. The van der Waals surface area contributed by atoms with E-state index >= 15 is 8.78 Å². The van der Waals surface area contributed by atoms with Gasteiger partial charge in [0.2, 0.25) is 0 Å². The van der Waals surface area contributed by atoms with Crippen LogP contribution in [0.25, 0.3) is 0 Å². The first-order valence-corrected chi connectivity index (χ1v) is 14.2. The van der Waals surface area contributed by atoms with Crippen LogP contribution in [0.1, 0.15) is 44.9 Å². The lowest BCUT2D eigenvalue weighted by Crippen LogP contribution is -2.73. The Labute approximate surface area is 230 Å². The lowest BCUT2D eigenvalue weighted by atomic mass is 9.40. The summed E-state index contributed by atoms with van der Waals surface area (Å²) in [6.45, 7) is 5.59. The highest BCUT2D eigenvalue weighted by molar-refractivity contribution is 7.09. The molecule has 0 spiro atoms. The van der Waals surface area contributed by atoms with Gasteiger partial charge in [0.05, 0.1) is 12.6 Å². The van der Waals surface area contributed by atoms with Crippen LogP contribution in [0.3, 0.4) is 0 Å². The van der Waals surface area contributed by atoms with E-state index in [1.807, 2.05) is 37.4 Å². The maximum atomic E-state index is 17.7. The van der Waals surface area contributed by atoms with Gasteiger partial charge in [-0.25, -0.2) is 13.6 Å². The maximum Gasteiger partial charge on any atom is 0.342 e. The molecule has 5 aliphatic rings. The Hall–Kier alpha value is -2.45. The summed E-state index contributed by atoms with van der Waals surface area (Å²) in [5.41, 5.74) is -7.45. The van der Waals surface area contributed by atoms with Crippen molar-refractivity contribution in [2.75, 3.05) is 13.2 Å². The number of allylic oxidation sites excluding steroid dienone is 4. The third kappa shape index (κ3) is 3.16. The fraction of sp³-hybridized carbons (Fsp3) is 0.621. The van der Waals surface area contributed by atoms with Crippen molar-refractivity contribution in [1.29, 1.82) is 5.26 Å². The Morgan fingerprint density at radius 1 is 1.36 bits per heavy atom. The second-order valence-corrected chi connectivity index (χ2v) is 13.4. The molecule has 1 N–H and O–H groups in total. The molecule has 2 heterocycles. The molecule has 4 fully saturated rings. The smallest absolute Gasteiger partial charge is 0.342 e. The van der Waals surface area contributed by atoms with Gasteiger partial charge in [0.1, 0.15) is 12.2 Å². The van der Waals surface area contributed by atoms with Gasteiger partial charge in [-0.2, -0.15) is 10.3 Å². The molecular formula is C29H32F2N2O5S. The van der Waals surface area contributed by atoms with Crippen LogP contribution in [0, 0.1) is 39.4 Å². The number of ketones is 1. The number of fused-ring (bicyclic) bond motifs is 7. The summed E-state index contributed by atoms with van der Waals surface area (Å²) < 4.78 is 39.0. The number of hydrogen-bond acceptors (Lipinski definition) is 8. The van der Waals surface area contributed by atoms with Crippen molar-refractivity contribution in [2.45, 2.75) is 70.1 Å². The molecule has 39 heavy (non-hydrogen) atoms. The Kier molecular flexibility index (Phi) is 5.85. The number of aliphatic hydroxyl groups is 1. The Morgan fingerprint density at radius 3 is 2.82 bits per heavy atom. The van der Waals surface area contributed by atoms with Crippen LogP contribution in [0.5, 0.6) is 0 Å². The summed E-state index contributed by atoms with van der Waals surface area (Å²) in [4.78, 5) is 33.6. The summed E-state index contributed by atoms with van der Waals surface area (Å²) in [6.07, 6.45) is 0.653. The minimum absolute atomic E-state index is 0.0553. The first-order valence-electron chi connectivity index (χ1n) is 13.3. The normalized spacial score (nSPS) is 46.5. The molecule has 0 amide bonds. The third-order valence-electron chi connectivity index (χ3n) is 10.9. The van der Waals surface area contributed by atoms with Crippen molar-refractivity contribution in [3.8, 4) is 6.07 Å².